The molecule has 1 aromatic carbocycles. The molecule has 0 amide bonds. The summed E-state index contributed by atoms with van der Waals surface area (Å²) in [7, 11) is 0. The summed E-state index contributed by atoms with van der Waals surface area (Å²) in [5, 5.41) is 0. The minimum atomic E-state index is -0.183. The van der Waals surface area contributed by atoms with Crippen LogP contribution in [-0.4, -0.2) is 0 Å². The topological polar surface area (TPSA) is 0 Å². The second kappa shape index (κ2) is 3.09. The van der Waals surface area contributed by atoms with Crippen LogP contribution in [-0.2, 0) is 0 Å². The van der Waals surface area contributed by atoms with Crippen molar-refractivity contribution < 1.29 is 4.39 Å². The molecule has 0 bridgehead atoms. The first-order chi connectivity index (χ1) is 4.61. The summed E-state index contributed by atoms with van der Waals surface area (Å²) in [5.41, 5.74) is 0.693. The summed E-state index contributed by atoms with van der Waals surface area (Å²) in [6.07, 6.45) is 0. The van der Waals surface area contributed by atoms with Gasteiger partial charge in [0, 0.05) is 8.47 Å². The highest BCUT2D eigenvalue weighted by atomic mass is 127. The van der Waals surface area contributed by atoms with E-state index in [0.717, 1.165) is 3.57 Å². The van der Waals surface area contributed by atoms with Gasteiger partial charge in [0.2, 0.25) is 0 Å². The maximum atomic E-state index is 12.8. The van der Waals surface area contributed by atoms with Gasteiger partial charge in [-0.2, -0.15) is 0 Å². The molecule has 0 spiro atoms. The lowest BCUT2D eigenvalue weighted by Crippen LogP contribution is -1.86. The second-order valence-corrected chi connectivity index (χ2v) is 3.71. The van der Waals surface area contributed by atoms with E-state index in [1.807, 2.05) is 6.07 Å². The fourth-order valence-corrected chi connectivity index (χ4v) is 1.71. The van der Waals surface area contributed by atoms with Crippen LogP contribution in [0.2, 0.25) is 0 Å². The Labute approximate surface area is 78.4 Å². The van der Waals surface area contributed by atoms with Crippen molar-refractivity contribution in [2.45, 2.75) is 11.8 Å². The lowest BCUT2D eigenvalue weighted by atomic mass is 10.2. The quantitative estimate of drug-likeness (QED) is 0.542. The van der Waals surface area contributed by atoms with Crippen LogP contribution < -0.4 is 0 Å². The first-order valence-electron chi connectivity index (χ1n) is 2.76. The van der Waals surface area contributed by atoms with E-state index in [2.05, 4.69) is 35.2 Å². The van der Waals surface area contributed by atoms with Crippen LogP contribution in [0.25, 0.3) is 0 Å². The van der Waals surface area contributed by atoms with Gasteiger partial charge in [-0.05, 0) is 47.2 Å². The van der Waals surface area contributed by atoms with Crippen molar-refractivity contribution in [3.63, 3.8) is 0 Å². The van der Waals surface area contributed by atoms with Crippen molar-refractivity contribution in [1.29, 1.82) is 0 Å². The van der Waals surface area contributed by atoms with Crippen LogP contribution in [0.4, 0.5) is 4.39 Å². The van der Waals surface area contributed by atoms with Crippen LogP contribution in [0.15, 0.2) is 17.0 Å². The highest BCUT2D eigenvalue weighted by Gasteiger charge is 2.01. The van der Waals surface area contributed by atoms with E-state index >= 15 is 0 Å². The van der Waals surface area contributed by atoms with Crippen LogP contribution in [0.3, 0.4) is 0 Å². The summed E-state index contributed by atoms with van der Waals surface area (Å²) in [5.74, 6) is -0.183. The van der Waals surface area contributed by atoms with Gasteiger partial charge >= 0.3 is 0 Å². The van der Waals surface area contributed by atoms with Crippen molar-refractivity contribution in [2.24, 2.45) is 0 Å². The van der Waals surface area contributed by atoms with E-state index in [-0.39, 0.29) is 5.82 Å². The third kappa shape index (κ3) is 1.63. The largest absolute Gasteiger partial charge is 0.207 e. The molecule has 0 aliphatic carbocycles. The maximum absolute atomic E-state index is 12.8. The molecule has 0 aliphatic rings. The molecule has 0 unspecified atom stereocenters. The molecule has 0 aromatic heterocycles. The van der Waals surface area contributed by atoms with E-state index in [0.29, 0.717) is 10.5 Å². The number of thiol groups is 1. The first-order valence-corrected chi connectivity index (χ1v) is 4.28. The van der Waals surface area contributed by atoms with E-state index in [4.69, 9.17) is 0 Å². The monoisotopic (exact) mass is 268 g/mol. The molecule has 0 saturated carbocycles. The predicted octanol–water partition coefficient (Wildman–Crippen LogP) is 3.03. The highest BCUT2D eigenvalue weighted by molar-refractivity contribution is 14.1. The fraction of sp³-hybridized carbons (Fsp3) is 0.143. The molecule has 3 heteroatoms. The Balaban J connectivity index is 3.31. The van der Waals surface area contributed by atoms with Gasteiger partial charge in [-0.15, -0.1) is 12.6 Å². The summed E-state index contributed by atoms with van der Waals surface area (Å²) < 4.78 is 13.7. The van der Waals surface area contributed by atoms with E-state index in [1.54, 1.807) is 6.92 Å². The van der Waals surface area contributed by atoms with Gasteiger partial charge in [0.25, 0.3) is 0 Å². The SMILES string of the molecule is Cc1c(F)cc(S)cc1I. The van der Waals surface area contributed by atoms with Crippen molar-refractivity contribution >= 4 is 35.2 Å². The molecule has 0 N–H and O–H groups in total. The summed E-state index contributed by atoms with van der Waals surface area (Å²) in [4.78, 5) is 0.674. The summed E-state index contributed by atoms with van der Waals surface area (Å²) in [6, 6.07) is 3.25. The zero-order chi connectivity index (χ0) is 7.72. The number of halogens is 2. The number of hydrogen-bond acceptors (Lipinski definition) is 1. The van der Waals surface area contributed by atoms with E-state index in [1.165, 1.54) is 6.07 Å². The lowest BCUT2D eigenvalue weighted by molar-refractivity contribution is 0.613. The normalized spacial score (nSPS) is 10.0. The smallest absolute Gasteiger partial charge is 0.128 e. The summed E-state index contributed by atoms with van der Waals surface area (Å²) in [6.45, 7) is 1.75. The standard InChI is InChI=1S/C7H6FIS/c1-4-6(8)2-5(10)3-7(4)9/h2-3,10H,1H3. The third-order valence-electron chi connectivity index (χ3n) is 1.27. The fourth-order valence-electron chi connectivity index (χ4n) is 0.632. The molecule has 0 aliphatic heterocycles. The zero-order valence-corrected chi connectivity index (χ0v) is 8.41. The number of benzene rings is 1. The van der Waals surface area contributed by atoms with Gasteiger partial charge in [0.1, 0.15) is 5.82 Å². The first kappa shape index (κ1) is 8.33. The van der Waals surface area contributed by atoms with Gasteiger partial charge in [-0.1, -0.05) is 0 Å². The average molecular weight is 268 g/mol. The number of hydrogen-bond donors (Lipinski definition) is 1. The summed E-state index contributed by atoms with van der Waals surface area (Å²) >= 11 is 6.11. The average Bonchev–Trinajstić information content (AvgIpc) is 1.82. The number of rotatable bonds is 0. The Hall–Kier alpha value is 0.230. The van der Waals surface area contributed by atoms with Crippen LogP contribution in [0.1, 0.15) is 5.56 Å². The molecule has 0 nitrogen and oxygen atoms in total. The third-order valence-corrected chi connectivity index (χ3v) is 2.64. The lowest BCUT2D eigenvalue weighted by Gasteiger charge is -1.99. The minimum Gasteiger partial charge on any atom is -0.207 e. The van der Waals surface area contributed by atoms with Gasteiger partial charge < -0.3 is 0 Å². The Bertz CT molecular complexity index is 237. The molecule has 0 atom stereocenters. The Morgan fingerprint density at radius 2 is 2.10 bits per heavy atom. The molecule has 54 valence electrons. The van der Waals surface area contributed by atoms with Crippen LogP contribution in [0.5, 0.6) is 0 Å². The van der Waals surface area contributed by atoms with Gasteiger partial charge in [0.15, 0.2) is 0 Å². The molecule has 10 heavy (non-hydrogen) atoms. The maximum Gasteiger partial charge on any atom is 0.128 e. The van der Waals surface area contributed by atoms with Crippen LogP contribution in [0, 0.1) is 16.3 Å². The van der Waals surface area contributed by atoms with Crippen molar-refractivity contribution in [2.75, 3.05) is 0 Å². The van der Waals surface area contributed by atoms with Gasteiger partial charge in [-0.25, -0.2) is 4.39 Å². The van der Waals surface area contributed by atoms with E-state index in [9.17, 15) is 4.39 Å². The highest BCUT2D eigenvalue weighted by Crippen LogP contribution is 2.19. The molecule has 0 fully saturated rings. The minimum absolute atomic E-state index is 0.183. The molecular weight excluding hydrogens is 262 g/mol. The molecular formula is C7H6FIS. The predicted molar refractivity (Wildman–Crippen MR) is 51.1 cm³/mol. The van der Waals surface area contributed by atoms with Gasteiger partial charge in [-0.3, -0.25) is 0 Å². The molecule has 1 aromatic rings. The molecule has 0 radical (unpaired) electrons. The Morgan fingerprint density at radius 1 is 1.50 bits per heavy atom. The van der Waals surface area contributed by atoms with Crippen molar-refractivity contribution in [3.05, 3.63) is 27.1 Å². The Morgan fingerprint density at radius 3 is 2.60 bits per heavy atom. The van der Waals surface area contributed by atoms with Crippen molar-refractivity contribution in [1.82, 2.24) is 0 Å². The van der Waals surface area contributed by atoms with E-state index < -0.39 is 0 Å². The molecule has 0 heterocycles. The zero-order valence-electron chi connectivity index (χ0n) is 5.36. The molecule has 1 rings (SSSR count). The Kier molecular flexibility index (Phi) is 2.57. The van der Waals surface area contributed by atoms with Crippen LogP contribution >= 0.6 is 35.2 Å². The molecule has 0 saturated heterocycles. The van der Waals surface area contributed by atoms with Gasteiger partial charge in [0.05, 0.1) is 0 Å². The van der Waals surface area contributed by atoms with Crippen molar-refractivity contribution in [3.8, 4) is 0 Å². The second-order valence-electron chi connectivity index (χ2n) is 2.03.